The molecule has 0 aliphatic heterocycles. The minimum absolute atomic E-state index is 0.165. The highest BCUT2D eigenvalue weighted by atomic mass is 16.5. The molecular formula is C20H23N3O3. The fourth-order valence-corrected chi connectivity index (χ4v) is 2.75. The van der Waals surface area contributed by atoms with E-state index in [1.54, 1.807) is 18.3 Å². The van der Waals surface area contributed by atoms with Crippen LogP contribution in [0, 0.1) is 6.92 Å². The van der Waals surface area contributed by atoms with Crippen LogP contribution < -0.4 is 10.1 Å². The maximum absolute atomic E-state index is 12.4. The smallest absolute Gasteiger partial charge is 0.287 e. The first kappa shape index (κ1) is 17.8. The third-order valence-electron chi connectivity index (χ3n) is 4.10. The van der Waals surface area contributed by atoms with E-state index >= 15 is 0 Å². The first-order valence-corrected chi connectivity index (χ1v) is 8.67. The maximum atomic E-state index is 12.4. The molecule has 0 bridgehead atoms. The number of ether oxygens (including phenoxy) is 1. The fourth-order valence-electron chi connectivity index (χ4n) is 2.75. The minimum Gasteiger partial charge on any atom is -0.486 e. The number of carbonyl (C=O) groups excluding carboxylic acids is 1. The topological polar surface area (TPSA) is 69.3 Å². The molecule has 1 unspecified atom stereocenters. The number of furan rings is 1. The van der Waals surface area contributed by atoms with Crippen LogP contribution in [0.1, 0.15) is 47.5 Å². The number of benzene rings is 1. The van der Waals surface area contributed by atoms with Gasteiger partial charge in [-0.05, 0) is 56.7 Å². The summed E-state index contributed by atoms with van der Waals surface area (Å²) in [7, 11) is 0. The lowest BCUT2D eigenvalue weighted by atomic mass is 10.2. The Labute approximate surface area is 152 Å². The van der Waals surface area contributed by atoms with Crippen molar-refractivity contribution in [2.75, 3.05) is 0 Å². The van der Waals surface area contributed by atoms with E-state index in [1.165, 1.54) is 0 Å². The Bertz CT molecular complexity index is 882. The molecular weight excluding hydrogens is 330 g/mol. The van der Waals surface area contributed by atoms with E-state index in [0.717, 1.165) is 23.6 Å². The molecule has 3 aromatic rings. The van der Waals surface area contributed by atoms with Crippen LogP contribution in [0.25, 0.3) is 0 Å². The zero-order valence-corrected chi connectivity index (χ0v) is 15.2. The Hall–Kier alpha value is -3.02. The van der Waals surface area contributed by atoms with Crippen LogP contribution in [0.2, 0.25) is 0 Å². The monoisotopic (exact) mass is 353 g/mol. The van der Waals surface area contributed by atoms with Crippen molar-refractivity contribution >= 4 is 5.91 Å². The van der Waals surface area contributed by atoms with E-state index in [-0.39, 0.29) is 24.3 Å². The second-order valence-electron chi connectivity index (χ2n) is 6.14. The van der Waals surface area contributed by atoms with Crippen LogP contribution in [-0.2, 0) is 13.2 Å². The van der Waals surface area contributed by atoms with Crippen LogP contribution in [0.4, 0.5) is 0 Å². The van der Waals surface area contributed by atoms with Crippen LogP contribution in [-0.4, -0.2) is 15.7 Å². The molecule has 2 heterocycles. The van der Waals surface area contributed by atoms with Crippen LogP contribution in [0.3, 0.4) is 0 Å². The molecule has 1 aromatic carbocycles. The summed E-state index contributed by atoms with van der Waals surface area (Å²) in [6.07, 6.45) is 1.73. The summed E-state index contributed by atoms with van der Waals surface area (Å²) in [5.74, 6) is 1.38. The van der Waals surface area contributed by atoms with Crippen molar-refractivity contribution in [1.82, 2.24) is 15.1 Å². The van der Waals surface area contributed by atoms with Crippen molar-refractivity contribution in [2.45, 2.75) is 40.0 Å². The number of nitrogens with zero attached hydrogens (tertiary/aromatic N) is 2. The van der Waals surface area contributed by atoms with Crippen molar-refractivity contribution in [3.05, 3.63) is 71.4 Å². The number of aromatic nitrogens is 2. The first-order valence-electron chi connectivity index (χ1n) is 8.67. The summed E-state index contributed by atoms with van der Waals surface area (Å²) in [5, 5.41) is 7.16. The zero-order valence-electron chi connectivity index (χ0n) is 15.2. The van der Waals surface area contributed by atoms with E-state index < -0.39 is 0 Å². The second-order valence-corrected chi connectivity index (χ2v) is 6.14. The lowest BCUT2D eigenvalue weighted by Gasteiger charge is -2.14. The van der Waals surface area contributed by atoms with Gasteiger partial charge in [-0.15, -0.1) is 0 Å². The molecule has 26 heavy (non-hydrogen) atoms. The Kier molecular flexibility index (Phi) is 5.41. The van der Waals surface area contributed by atoms with Gasteiger partial charge in [0.25, 0.3) is 5.91 Å². The number of hydrogen-bond acceptors (Lipinski definition) is 4. The molecule has 0 aliphatic carbocycles. The zero-order chi connectivity index (χ0) is 18.5. The van der Waals surface area contributed by atoms with E-state index in [9.17, 15) is 4.79 Å². The van der Waals surface area contributed by atoms with Crippen molar-refractivity contribution < 1.29 is 13.9 Å². The molecule has 3 rings (SSSR count). The van der Waals surface area contributed by atoms with Gasteiger partial charge in [-0.3, -0.25) is 9.48 Å². The van der Waals surface area contributed by atoms with Gasteiger partial charge in [-0.2, -0.15) is 5.10 Å². The standard InChI is InChI=1S/C20H23N3O3/c1-4-23-18(10-11-21-23)15(3)22-20(24)19-9-8-17(26-19)13-25-16-7-5-6-14(2)12-16/h5-12,15H,4,13H2,1-3H3,(H,22,24). The van der Waals surface area contributed by atoms with Gasteiger partial charge in [0.15, 0.2) is 5.76 Å². The average Bonchev–Trinajstić information content (AvgIpc) is 3.29. The molecule has 1 atom stereocenters. The van der Waals surface area contributed by atoms with Crippen molar-refractivity contribution in [2.24, 2.45) is 0 Å². The molecule has 6 heteroatoms. The van der Waals surface area contributed by atoms with Crippen molar-refractivity contribution in [1.29, 1.82) is 0 Å². The van der Waals surface area contributed by atoms with Gasteiger partial charge < -0.3 is 14.5 Å². The molecule has 0 fully saturated rings. The maximum Gasteiger partial charge on any atom is 0.287 e. The molecule has 6 nitrogen and oxygen atoms in total. The fraction of sp³-hybridized carbons (Fsp3) is 0.300. The quantitative estimate of drug-likeness (QED) is 0.700. The summed E-state index contributed by atoms with van der Waals surface area (Å²) in [6, 6.07) is 12.9. The summed E-state index contributed by atoms with van der Waals surface area (Å²) in [4.78, 5) is 12.4. The molecule has 0 saturated heterocycles. The molecule has 1 amide bonds. The highest BCUT2D eigenvalue weighted by molar-refractivity contribution is 5.91. The predicted molar refractivity (Wildman–Crippen MR) is 98.0 cm³/mol. The third kappa shape index (κ3) is 4.14. The van der Waals surface area contributed by atoms with Crippen LogP contribution in [0.5, 0.6) is 5.75 Å². The number of carbonyl (C=O) groups is 1. The molecule has 0 radical (unpaired) electrons. The van der Waals surface area contributed by atoms with Crippen LogP contribution in [0.15, 0.2) is 53.1 Å². The summed E-state index contributed by atoms with van der Waals surface area (Å²) in [5.41, 5.74) is 2.08. The van der Waals surface area contributed by atoms with Gasteiger partial charge in [0.05, 0.1) is 11.7 Å². The molecule has 1 N–H and O–H groups in total. The molecule has 0 spiro atoms. The third-order valence-corrected chi connectivity index (χ3v) is 4.10. The Morgan fingerprint density at radius 3 is 2.92 bits per heavy atom. The van der Waals surface area contributed by atoms with Gasteiger partial charge in [-0.1, -0.05) is 12.1 Å². The van der Waals surface area contributed by atoms with Gasteiger partial charge in [-0.25, -0.2) is 0 Å². The number of hydrogen-bond donors (Lipinski definition) is 1. The summed E-state index contributed by atoms with van der Waals surface area (Å²) < 4.78 is 13.2. The van der Waals surface area contributed by atoms with Gasteiger partial charge in [0, 0.05) is 12.7 Å². The van der Waals surface area contributed by atoms with Crippen LogP contribution >= 0.6 is 0 Å². The Balaban J connectivity index is 1.59. The molecule has 0 saturated carbocycles. The minimum atomic E-state index is -0.261. The van der Waals surface area contributed by atoms with E-state index in [2.05, 4.69) is 10.4 Å². The van der Waals surface area contributed by atoms with Gasteiger partial charge in [0.1, 0.15) is 18.1 Å². The summed E-state index contributed by atoms with van der Waals surface area (Å²) >= 11 is 0. The lowest BCUT2D eigenvalue weighted by Crippen LogP contribution is -2.28. The van der Waals surface area contributed by atoms with Crippen molar-refractivity contribution in [3.63, 3.8) is 0 Å². The largest absolute Gasteiger partial charge is 0.486 e. The van der Waals surface area contributed by atoms with E-state index in [4.69, 9.17) is 9.15 Å². The molecule has 0 aliphatic rings. The lowest BCUT2D eigenvalue weighted by molar-refractivity contribution is 0.0906. The molecule has 2 aromatic heterocycles. The van der Waals surface area contributed by atoms with E-state index in [1.807, 2.05) is 55.8 Å². The number of nitrogens with one attached hydrogen (secondary N) is 1. The SMILES string of the molecule is CCn1nccc1C(C)NC(=O)c1ccc(COc2cccc(C)c2)o1. The highest BCUT2D eigenvalue weighted by Crippen LogP contribution is 2.17. The average molecular weight is 353 g/mol. The number of rotatable bonds is 7. The first-order chi connectivity index (χ1) is 12.6. The Morgan fingerprint density at radius 2 is 2.15 bits per heavy atom. The second kappa shape index (κ2) is 7.91. The highest BCUT2D eigenvalue weighted by Gasteiger charge is 2.17. The number of aryl methyl sites for hydroxylation is 2. The van der Waals surface area contributed by atoms with Crippen molar-refractivity contribution in [3.8, 4) is 5.75 Å². The number of amides is 1. The summed E-state index contributed by atoms with van der Waals surface area (Å²) in [6.45, 7) is 6.97. The van der Waals surface area contributed by atoms with Gasteiger partial charge >= 0.3 is 0 Å². The van der Waals surface area contributed by atoms with E-state index in [0.29, 0.717) is 5.76 Å². The predicted octanol–water partition coefficient (Wildman–Crippen LogP) is 3.87. The van der Waals surface area contributed by atoms with Gasteiger partial charge in [0.2, 0.25) is 0 Å². The molecule has 136 valence electrons. The normalized spacial score (nSPS) is 12.0. The Morgan fingerprint density at radius 1 is 1.31 bits per heavy atom.